The summed E-state index contributed by atoms with van der Waals surface area (Å²) in [6.45, 7) is 1.67. The summed E-state index contributed by atoms with van der Waals surface area (Å²) in [6, 6.07) is 14.2. The van der Waals surface area contributed by atoms with Crippen molar-refractivity contribution in [3.63, 3.8) is 0 Å². The van der Waals surface area contributed by atoms with Gasteiger partial charge in [-0.15, -0.1) is 10.2 Å². The number of carbonyl (C=O) groups is 1. The van der Waals surface area contributed by atoms with Crippen LogP contribution in [0.1, 0.15) is 5.56 Å². The number of benzene rings is 2. The predicted octanol–water partition coefficient (Wildman–Crippen LogP) is 4.23. The van der Waals surface area contributed by atoms with E-state index in [1.54, 1.807) is 30.7 Å². The summed E-state index contributed by atoms with van der Waals surface area (Å²) in [7, 11) is 1.63. The molecular formula is C23H19FN6O2S. The molecule has 0 aliphatic heterocycles. The fraction of sp³-hybridized carbons (Fsp3) is 0.130. The van der Waals surface area contributed by atoms with Crippen LogP contribution < -0.4 is 10.1 Å². The van der Waals surface area contributed by atoms with Crippen LogP contribution in [0.5, 0.6) is 5.75 Å². The first-order valence-electron chi connectivity index (χ1n) is 10.1. The monoisotopic (exact) mass is 462 g/mol. The van der Waals surface area contributed by atoms with Crippen LogP contribution in [0.25, 0.3) is 22.4 Å². The van der Waals surface area contributed by atoms with Crippen LogP contribution in [0.15, 0.2) is 66.1 Å². The predicted molar refractivity (Wildman–Crippen MR) is 124 cm³/mol. The van der Waals surface area contributed by atoms with E-state index in [0.717, 1.165) is 22.5 Å². The lowest BCUT2D eigenvalue weighted by molar-refractivity contribution is -0.113. The van der Waals surface area contributed by atoms with Crippen molar-refractivity contribution in [1.29, 1.82) is 0 Å². The highest BCUT2D eigenvalue weighted by atomic mass is 32.2. The molecule has 3 aromatic heterocycles. The van der Waals surface area contributed by atoms with Crippen LogP contribution in [0.4, 0.5) is 10.1 Å². The van der Waals surface area contributed by atoms with Gasteiger partial charge in [-0.25, -0.2) is 8.91 Å². The maximum absolute atomic E-state index is 13.7. The van der Waals surface area contributed by atoms with E-state index < -0.39 is 0 Å². The van der Waals surface area contributed by atoms with Crippen molar-refractivity contribution in [2.45, 2.75) is 12.1 Å². The van der Waals surface area contributed by atoms with E-state index in [0.29, 0.717) is 22.1 Å². The number of carbonyl (C=O) groups excluding carboxylic acids is 1. The Morgan fingerprint density at radius 3 is 2.70 bits per heavy atom. The third-order valence-electron chi connectivity index (χ3n) is 5.16. The van der Waals surface area contributed by atoms with Gasteiger partial charge in [0.2, 0.25) is 5.91 Å². The normalized spacial score (nSPS) is 11.2. The minimum Gasteiger partial charge on any atom is -0.497 e. The maximum Gasteiger partial charge on any atom is 0.234 e. The maximum atomic E-state index is 13.7. The summed E-state index contributed by atoms with van der Waals surface area (Å²) in [6.07, 6.45) is 3.63. The minimum atomic E-state index is -0.359. The van der Waals surface area contributed by atoms with Crippen molar-refractivity contribution >= 4 is 34.5 Å². The Labute approximate surface area is 192 Å². The molecule has 0 radical (unpaired) electrons. The number of aromatic nitrogens is 5. The SMILES string of the molecule is COc1ccc(-c2cc3c4nnc(SCC(=O)Nc5ccc(C)c(F)c5)n4ccn3n2)cc1. The fourth-order valence-corrected chi connectivity index (χ4v) is 4.11. The van der Waals surface area contributed by atoms with Crippen LogP contribution in [-0.2, 0) is 4.79 Å². The first kappa shape index (κ1) is 21.0. The Morgan fingerprint density at radius 1 is 1.12 bits per heavy atom. The number of hydrogen-bond acceptors (Lipinski definition) is 6. The number of halogens is 1. The van der Waals surface area contributed by atoms with E-state index in [1.165, 1.54) is 17.8 Å². The van der Waals surface area contributed by atoms with Gasteiger partial charge in [0.25, 0.3) is 0 Å². The molecule has 0 unspecified atom stereocenters. The van der Waals surface area contributed by atoms with Gasteiger partial charge in [-0.3, -0.25) is 9.20 Å². The minimum absolute atomic E-state index is 0.109. The number of ether oxygens (including phenoxy) is 1. The van der Waals surface area contributed by atoms with E-state index in [1.807, 2.05) is 47.1 Å². The first-order chi connectivity index (χ1) is 16.0. The van der Waals surface area contributed by atoms with Crippen LogP contribution >= 0.6 is 11.8 Å². The molecule has 0 spiro atoms. The third-order valence-corrected chi connectivity index (χ3v) is 6.10. The van der Waals surface area contributed by atoms with Gasteiger partial charge < -0.3 is 10.1 Å². The molecule has 0 aliphatic rings. The lowest BCUT2D eigenvalue weighted by Gasteiger charge is -2.06. The van der Waals surface area contributed by atoms with Crippen molar-refractivity contribution in [2.75, 3.05) is 18.2 Å². The average molecular weight is 463 g/mol. The highest BCUT2D eigenvalue weighted by Gasteiger charge is 2.14. The molecule has 10 heteroatoms. The summed E-state index contributed by atoms with van der Waals surface area (Å²) < 4.78 is 22.5. The summed E-state index contributed by atoms with van der Waals surface area (Å²) in [4.78, 5) is 12.3. The Balaban J connectivity index is 1.35. The first-order valence-corrected chi connectivity index (χ1v) is 11.1. The highest BCUT2D eigenvalue weighted by molar-refractivity contribution is 7.99. The molecule has 0 aliphatic carbocycles. The van der Waals surface area contributed by atoms with E-state index in [9.17, 15) is 9.18 Å². The summed E-state index contributed by atoms with van der Waals surface area (Å²) in [5.41, 5.74) is 4.12. The summed E-state index contributed by atoms with van der Waals surface area (Å²) >= 11 is 1.25. The number of rotatable bonds is 6. The smallest absolute Gasteiger partial charge is 0.234 e. The lowest BCUT2D eigenvalue weighted by Crippen LogP contribution is -2.14. The second-order valence-corrected chi connectivity index (χ2v) is 8.31. The molecule has 5 aromatic rings. The van der Waals surface area contributed by atoms with Crippen molar-refractivity contribution < 1.29 is 13.9 Å². The van der Waals surface area contributed by atoms with E-state index in [4.69, 9.17) is 4.74 Å². The van der Waals surface area contributed by atoms with Crippen molar-refractivity contribution in [3.05, 3.63) is 72.3 Å². The van der Waals surface area contributed by atoms with Gasteiger partial charge >= 0.3 is 0 Å². The van der Waals surface area contributed by atoms with Gasteiger partial charge in [-0.1, -0.05) is 17.8 Å². The molecule has 1 amide bonds. The van der Waals surface area contributed by atoms with Crippen LogP contribution in [0, 0.1) is 12.7 Å². The number of thioether (sulfide) groups is 1. The zero-order chi connectivity index (χ0) is 22.9. The van der Waals surface area contributed by atoms with E-state index >= 15 is 0 Å². The van der Waals surface area contributed by atoms with Crippen molar-refractivity contribution in [2.24, 2.45) is 0 Å². The summed E-state index contributed by atoms with van der Waals surface area (Å²) in [5.74, 6) is 0.271. The zero-order valence-corrected chi connectivity index (χ0v) is 18.6. The fourth-order valence-electron chi connectivity index (χ4n) is 3.39. The van der Waals surface area contributed by atoms with Gasteiger partial charge in [0, 0.05) is 23.6 Å². The molecule has 2 aromatic carbocycles. The molecule has 0 atom stereocenters. The van der Waals surface area contributed by atoms with E-state index in [2.05, 4.69) is 20.6 Å². The number of anilines is 1. The molecule has 0 fully saturated rings. The molecule has 1 N–H and O–H groups in total. The van der Waals surface area contributed by atoms with Gasteiger partial charge in [-0.2, -0.15) is 5.10 Å². The second-order valence-electron chi connectivity index (χ2n) is 7.36. The molecule has 0 bridgehead atoms. The molecule has 0 saturated carbocycles. The van der Waals surface area contributed by atoms with Gasteiger partial charge in [-0.05, 0) is 55.0 Å². The average Bonchev–Trinajstić information content (AvgIpc) is 3.44. The number of nitrogens with one attached hydrogen (secondary N) is 1. The molecule has 0 saturated heterocycles. The Kier molecular flexibility index (Phi) is 5.43. The molecule has 166 valence electrons. The Bertz CT molecular complexity index is 1480. The lowest BCUT2D eigenvalue weighted by atomic mass is 10.1. The Morgan fingerprint density at radius 2 is 1.94 bits per heavy atom. The number of nitrogens with zero attached hydrogens (tertiary/aromatic N) is 5. The number of aryl methyl sites for hydroxylation is 1. The van der Waals surface area contributed by atoms with Gasteiger partial charge in [0.1, 0.15) is 17.1 Å². The molecule has 3 heterocycles. The quantitative estimate of drug-likeness (QED) is 0.380. The van der Waals surface area contributed by atoms with Gasteiger partial charge in [0.05, 0.1) is 18.6 Å². The van der Waals surface area contributed by atoms with Crippen molar-refractivity contribution in [1.82, 2.24) is 24.2 Å². The van der Waals surface area contributed by atoms with Gasteiger partial charge in [0.15, 0.2) is 10.8 Å². The highest BCUT2D eigenvalue weighted by Crippen LogP contribution is 2.25. The number of fused-ring (bicyclic) bond motifs is 3. The van der Waals surface area contributed by atoms with Crippen LogP contribution in [-0.4, -0.2) is 43.0 Å². The van der Waals surface area contributed by atoms with Crippen LogP contribution in [0.3, 0.4) is 0 Å². The molecule has 33 heavy (non-hydrogen) atoms. The largest absolute Gasteiger partial charge is 0.497 e. The molecule has 8 nitrogen and oxygen atoms in total. The topological polar surface area (TPSA) is 85.8 Å². The third kappa shape index (κ3) is 4.12. The summed E-state index contributed by atoms with van der Waals surface area (Å²) in [5, 5.41) is 16.4. The van der Waals surface area contributed by atoms with E-state index in [-0.39, 0.29) is 17.5 Å². The Hall–Kier alpha value is -3.92. The van der Waals surface area contributed by atoms with Crippen LogP contribution in [0.2, 0.25) is 0 Å². The number of methoxy groups -OCH3 is 1. The standard InChI is InChI=1S/C23H19FN6O2S/c1-14-3-6-16(11-18(14)24)25-21(31)13-33-23-27-26-22-20-12-19(28-30(20)10-9-29(22)23)15-4-7-17(32-2)8-5-15/h3-12H,13H2,1-2H3,(H,25,31). The van der Waals surface area contributed by atoms with Crippen molar-refractivity contribution in [3.8, 4) is 17.0 Å². The number of amides is 1. The second kappa shape index (κ2) is 8.55. The zero-order valence-electron chi connectivity index (χ0n) is 17.8. The number of hydrogen-bond donors (Lipinski definition) is 1. The molecule has 5 rings (SSSR count). The molecular weight excluding hydrogens is 443 g/mol.